The Kier molecular flexibility index (Phi) is 1.33. The first-order valence-electron chi connectivity index (χ1n) is 5.45. The van der Waals surface area contributed by atoms with Crippen molar-refractivity contribution >= 4 is 0 Å². The molecule has 3 rings (SSSR count). The van der Waals surface area contributed by atoms with E-state index in [1.165, 1.54) is 23.7 Å². The van der Waals surface area contributed by atoms with E-state index < -0.39 is 0 Å². The highest BCUT2D eigenvalue weighted by atomic mass is 14.5. The van der Waals surface area contributed by atoms with Gasteiger partial charge in [0, 0.05) is 0 Å². The van der Waals surface area contributed by atoms with E-state index in [1.54, 1.807) is 44.9 Å². The fraction of sp³-hybridized carbons (Fsp3) is 1.00. The Morgan fingerprint density at radius 2 is 1.45 bits per heavy atom. The lowest BCUT2D eigenvalue weighted by molar-refractivity contribution is 0.157. The molecule has 62 valence electrons. The van der Waals surface area contributed by atoms with Crippen molar-refractivity contribution in [3.05, 3.63) is 0 Å². The van der Waals surface area contributed by atoms with Crippen LogP contribution in [0.3, 0.4) is 0 Å². The van der Waals surface area contributed by atoms with E-state index in [-0.39, 0.29) is 0 Å². The summed E-state index contributed by atoms with van der Waals surface area (Å²) in [7, 11) is 0. The Hall–Kier alpha value is 0. The molecule has 11 heavy (non-hydrogen) atoms. The summed E-state index contributed by atoms with van der Waals surface area (Å²) in [6.07, 6.45) is 11.0. The van der Waals surface area contributed by atoms with E-state index in [9.17, 15) is 0 Å². The molecular weight excluding hydrogens is 132 g/mol. The largest absolute Gasteiger partial charge is 0.0530 e. The van der Waals surface area contributed by atoms with Gasteiger partial charge in [-0.05, 0) is 49.4 Å². The zero-order valence-electron chi connectivity index (χ0n) is 7.26. The Labute approximate surface area is 69.4 Å². The molecule has 4 atom stereocenters. The van der Waals surface area contributed by atoms with E-state index in [1.807, 2.05) is 0 Å². The van der Waals surface area contributed by atoms with Gasteiger partial charge in [0.05, 0.1) is 0 Å². The Balaban J connectivity index is 1.76. The van der Waals surface area contributed by atoms with Crippen LogP contribution in [0, 0.1) is 23.7 Å². The summed E-state index contributed by atoms with van der Waals surface area (Å²) in [5.41, 5.74) is 0. The highest BCUT2D eigenvalue weighted by Gasteiger charge is 2.49. The van der Waals surface area contributed by atoms with Crippen molar-refractivity contribution in [3.8, 4) is 0 Å². The number of fused-ring (bicyclic) bond motifs is 3. The minimum atomic E-state index is 1.17. The molecular formula is C11H18. The molecule has 0 radical (unpaired) electrons. The third-order valence-corrected chi connectivity index (χ3v) is 4.40. The number of hydrogen-bond donors (Lipinski definition) is 0. The molecule has 0 saturated heterocycles. The second kappa shape index (κ2) is 2.24. The first-order chi connectivity index (χ1) is 5.45. The van der Waals surface area contributed by atoms with Crippen LogP contribution in [0.15, 0.2) is 0 Å². The van der Waals surface area contributed by atoms with Crippen LogP contribution < -0.4 is 0 Å². The molecule has 0 heterocycles. The summed E-state index contributed by atoms with van der Waals surface area (Å²) in [5, 5.41) is 0. The molecule has 0 N–H and O–H groups in total. The van der Waals surface area contributed by atoms with Crippen LogP contribution in [0.2, 0.25) is 0 Å². The molecule has 0 heteroatoms. The predicted molar refractivity (Wildman–Crippen MR) is 46.3 cm³/mol. The van der Waals surface area contributed by atoms with Crippen LogP contribution in [0.25, 0.3) is 0 Å². The van der Waals surface area contributed by atoms with Crippen LogP contribution in [-0.4, -0.2) is 0 Å². The van der Waals surface area contributed by atoms with Crippen LogP contribution in [0.1, 0.15) is 44.9 Å². The van der Waals surface area contributed by atoms with Gasteiger partial charge in [-0.2, -0.15) is 0 Å². The molecule has 0 spiro atoms. The minimum Gasteiger partial charge on any atom is -0.0530 e. The summed E-state index contributed by atoms with van der Waals surface area (Å²) in [6, 6.07) is 0. The van der Waals surface area contributed by atoms with Crippen LogP contribution in [0.4, 0.5) is 0 Å². The van der Waals surface area contributed by atoms with E-state index in [4.69, 9.17) is 0 Å². The molecule has 0 aliphatic heterocycles. The van der Waals surface area contributed by atoms with Gasteiger partial charge in [-0.15, -0.1) is 0 Å². The fourth-order valence-corrected chi connectivity index (χ4v) is 3.71. The van der Waals surface area contributed by atoms with E-state index in [2.05, 4.69) is 0 Å². The molecule has 3 fully saturated rings. The van der Waals surface area contributed by atoms with Crippen LogP contribution in [-0.2, 0) is 0 Å². The van der Waals surface area contributed by atoms with Gasteiger partial charge in [-0.25, -0.2) is 0 Å². The molecule has 0 bridgehead atoms. The SMILES string of the molecule is C1CC[C@@H]2C(C1)CCC1CC12. The third kappa shape index (κ3) is 0.947. The van der Waals surface area contributed by atoms with Gasteiger partial charge in [0.15, 0.2) is 0 Å². The average molecular weight is 150 g/mol. The zero-order valence-corrected chi connectivity index (χ0v) is 7.26. The van der Waals surface area contributed by atoms with Gasteiger partial charge < -0.3 is 0 Å². The van der Waals surface area contributed by atoms with Crippen molar-refractivity contribution in [2.24, 2.45) is 23.7 Å². The lowest BCUT2D eigenvalue weighted by Gasteiger charge is -2.35. The molecule has 0 aromatic heterocycles. The van der Waals surface area contributed by atoms with E-state index in [0.717, 1.165) is 0 Å². The van der Waals surface area contributed by atoms with Crippen molar-refractivity contribution in [3.63, 3.8) is 0 Å². The van der Waals surface area contributed by atoms with Gasteiger partial charge in [-0.1, -0.05) is 19.3 Å². The zero-order chi connectivity index (χ0) is 7.26. The predicted octanol–water partition coefficient (Wildman–Crippen LogP) is 3.22. The Morgan fingerprint density at radius 1 is 0.636 bits per heavy atom. The van der Waals surface area contributed by atoms with Gasteiger partial charge in [-0.3, -0.25) is 0 Å². The fourth-order valence-electron chi connectivity index (χ4n) is 3.71. The molecule has 3 saturated carbocycles. The lowest BCUT2D eigenvalue weighted by Crippen LogP contribution is -2.25. The molecule has 0 nitrogen and oxygen atoms in total. The lowest BCUT2D eigenvalue weighted by atomic mass is 9.71. The van der Waals surface area contributed by atoms with E-state index >= 15 is 0 Å². The highest BCUT2D eigenvalue weighted by Crippen LogP contribution is 2.58. The first kappa shape index (κ1) is 6.51. The third-order valence-electron chi connectivity index (χ3n) is 4.40. The molecule has 3 aliphatic rings. The molecule has 3 aliphatic carbocycles. The van der Waals surface area contributed by atoms with Crippen LogP contribution in [0.5, 0.6) is 0 Å². The van der Waals surface area contributed by atoms with Gasteiger partial charge in [0.1, 0.15) is 0 Å². The molecule has 3 unspecified atom stereocenters. The minimum absolute atomic E-state index is 1.17. The van der Waals surface area contributed by atoms with Crippen molar-refractivity contribution in [2.45, 2.75) is 44.9 Å². The second-order valence-electron chi connectivity index (χ2n) is 4.95. The average Bonchev–Trinajstić information content (AvgIpc) is 2.83. The van der Waals surface area contributed by atoms with Gasteiger partial charge in [0.25, 0.3) is 0 Å². The maximum absolute atomic E-state index is 1.61. The van der Waals surface area contributed by atoms with Crippen molar-refractivity contribution in [1.82, 2.24) is 0 Å². The van der Waals surface area contributed by atoms with E-state index in [0.29, 0.717) is 0 Å². The van der Waals surface area contributed by atoms with Crippen molar-refractivity contribution < 1.29 is 0 Å². The summed E-state index contributed by atoms with van der Waals surface area (Å²) in [4.78, 5) is 0. The van der Waals surface area contributed by atoms with Gasteiger partial charge in [0.2, 0.25) is 0 Å². The monoisotopic (exact) mass is 150 g/mol. The maximum atomic E-state index is 1.61. The molecule has 0 amide bonds. The quantitative estimate of drug-likeness (QED) is 0.497. The molecule has 0 aromatic rings. The molecule has 0 aromatic carbocycles. The summed E-state index contributed by atoms with van der Waals surface area (Å²) < 4.78 is 0. The highest BCUT2D eigenvalue weighted by molar-refractivity contribution is 4.99. The van der Waals surface area contributed by atoms with Crippen LogP contribution >= 0.6 is 0 Å². The van der Waals surface area contributed by atoms with Crippen molar-refractivity contribution in [2.75, 3.05) is 0 Å². The Morgan fingerprint density at radius 3 is 2.45 bits per heavy atom. The van der Waals surface area contributed by atoms with Crippen molar-refractivity contribution in [1.29, 1.82) is 0 Å². The Bertz CT molecular complexity index is 161. The van der Waals surface area contributed by atoms with Gasteiger partial charge >= 0.3 is 0 Å². The topological polar surface area (TPSA) is 0 Å². The number of rotatable bonds is 0. The summed E-state index contributed by atoms with van der Waals surface area (Å²) in [5.74, 6) is 4.79. The number of hydrogen-bond acceptors (Lipinski definition) is 0. The smallest absolute Gasteiger partial charge is 0.0352 e. The second-order valence-corrected chi connectivity index (χ2v) is 4.95. The maximum Gasteiger partial charge on any atom is -0.0352 e. The normalized spacial score (nSPS) is 54.5. The summed E-state index contributed by atoms with van der Waals surface area (Å²) >= 11 is 0. The summed E-state index contributed by atoms with van der Waals surface area (Å²) in [6.45, 7) is 0. The standard InChI is InChI=1S/C11H18/c1-2-4-10-8(3-1)5-6-9-7-11(9)10/h8-11H,1-7H2/t8?,9?,10-,11?/m1/s1. The first-order valence-corrected chi connectivity index (χ1v) is 5.45.